The van der Waals surface area contributed by atoms with E-state index in [-0.39, 0.29) is 17.9 Å². The van der Waals surface area contributed by atoms with Crippen LogP contribution in [0.15, 0.2) is 42.5 Å². The maximum absolute atomic E-state index is 12.8. The van der Waals surface area contributed by atoms with Gasteiger partial charge in [0.05, 0.1) is 24.8 Å². The number of nitrogens with one attached hydrogen (secondary N) is 1. The molecule has 2 aromatic rings. The molecule has 0 radical (unpaired) electrons. The van der Waals surface area contributed by atoms with E-state index in [1.165, 1.54) is 5.56 Å². The first-order valence-corrected chi connectivity index (χ1v) is 10.4. The lowest BCUT2D eigenvalue weighted by Crippen LogP contribution is -2.41. The standard InChI is InChI=1S/C24H28N2O3/c1-3-28-22-14-13-19(15-23(22)29-4-2)20-7-5-6-8-21(20)26-24(27)18-11-9-17(16-25)10-12-18/h9-15,20-21H,3-8H2,1-2H3,(H,26,27). The first-order chi connectivity index (χ1) is 14.2. The molecule has 5 nitrogen and oxygen atoms in total. The zero-order valence-electron chi connectivity index (χ0n) is 17.1. The van der Waals surface area contributed by atoms with Crippen molar-refractivity contribution >= 4 is 5.91 Å². The Hall–Kier alpha value is -3.00. The van der Waals surface area contributed by atoms with Crippen LogP contribution in [0.2, 0.25) is 0 Å². The summed E-state index contributed by atoms with van der Waals surface area (Å²) in [5.74, 6) is 1.66. The van der Waals surface area contributed by atoms with Gasteiger partial charge in [0, 0.05) is 17.5 Å². The van der Waals surface area contributed by atoms with Crippen LogP contribution < -0.4 is 14.8 Å². The minimum atomic E-state index is -0.0950. The molecule has 1 aliphatic rings. The van der Waals surface area contributed by atoms with Crippen LogP contribution in [0.1, 0.15) is 66.9 Å². The minimum absolute atomic E-state index is 0.0688. The van der Waals surface area contributed by atoms with E-state index in [2.05, 4.69) is 23.5 Å². The molecule has 0 spiro atoms. The van der Waals surface area contributed by atoms with Gasteiger partial charge in [0.25, 0.3) is 5.91 Å². The highest BCUT2D eigenvalue weighted by Crippen LogP contribution is 2.38. The van der Waals surface area contributed by atoms with Crippen molar-refractivity contribution < 1.29 is 14.3 Å². The molecule has 3 rings (SSSR count). The molecule has 5 heteroatoms. The summed E-state index contributed by atoms with van der Waals surface area (Å²) in [4.78, 5) is 12.8. The van der Waals surface area contributed by atoms with E-state index in [1.807, 2.05) is 19.9 Å². The normalized spacial score (nSPS) is 18.5. The number of carbonyl (C=O) groups is 1. The van der Waals surface area contributed by atoms with E-state index in [0.717, 1.165) is 37.2 Å². The monoisotopic (exact) mass is 392 g/mol. The van der Waals surface area contributed by atoms with Crippen molar-refractivity contribution in [1.29, 1.82) is 5.26 Å². The largest absolute Gasteiger partial charge is 0.490 e. The van der Waals surface area contributed by atoms with Gasteiger partial charge in [0.1, 0.15) is 0 Å². The van der Waals surface area contributed by atoms with Crippen LogP contribution in [-0.2, 0) is 0 Å². The van der Waals surface area contributed by atoms with Gasteiger partial charge in [0.15, 0.2) is 11.5 Å². The molecule has 0 aliphatic heterocycles. The molecule has 2 aromatic carbocycles. The summed E-state index contributed by atoms with van der Waals surface area (Å²) in [6.45, 7) is 5.09. The van der Waals surface area contributed by atoms with E-state index >= 15 is 0 Å². The summed E-state index contributed by atoms with van der Waals surface area (Å²) >= 11 is 0. The van der Waals surface area contributed by atoms with Crippen LogP contribution in [0.5, 0.6) is 11.5 Å². The third-order valence-electron chi connectivity index (χ3n) is 5.35. The lowest BCUT2D eigenvalue weighted by molar-refractivity contribution is 0.0920. The number of rotatable bonds is 7. The number of benzene rings is 2. The van der Waals surface area contributed by atoms with E-state index in [4.69, 9.17) is 14.7 Å². The zero-order chi connectivity index (χ0) is 20.6. The van der Waals surface area contributed by atoms with E-state index < -0.39 is 0 Å². The first kappa shape index (κ1) is 20.7. The predicted molar refractivity (Wildman–Crippen MR) is 112 cm³/mol. The van der Waals surface area contributed by atoms with Crippen LogP contribution in [-0.4, -0.2) is 25.2 Å². The fourth-order valence-electron chi connectivity index (χ4n) is 3.95. The topological polar surface area (TPSA) is 71.3 Å². The zero-order valence-corrected chi connectivity index (χ0v) is 17.1. The molecule has 152 valence electrons. The molecule has 0 saturated heterocycles. The van der Waals surface area contributed by atoms with Crippen LogP contribution in [0, 0.1) is 11.3 Å². The summed E-state index contributed by atoms with van der Waals surface area (Å²) in [5.41, 5.74) is 2.30. The van der Waals surface area contributed by atoms with Crippen LogP contribution in [0.3, 0.4) is 0 Å². The van der Waals surface area contributed by atoms with Gasteiger partial charge in [0.2, 0.25) is 0 Å². The highest BCUT2D eigenvalue weighted by atomic mass is 16.5. The maximum Gasteiger partial charge on any atom is 0.251 e. The second-order valence-corrected chi connectivity index (χ2v) is 7.23. The lowest BCUT2D eigenvalue weighted by atomic mass is 9.79. The molecule has 2 atom stereocenters. The first-order valence-electron chi connectivity index (χ1n) is 10.4. The Balaban J connectivity index is 1.79. The number of hydrogen-bond donors (Lipinski definition) is 1. The Morgan fingerprint density at radius 3 is 2.41 bits per heavy atom. The highest BCUT2D eigenvalue weighted by molar-refractivity contribution is 5.94. The molecule has 0 bridgehead atoms. The number of carbonyl (C=O) groups excluding carboxylic acids is 1. The lowest BCUT2D eigenvalue weighted by Gasteiger charge is -2.33. The fourth-order valence-corrected chi connectivity index (χ4v) is 3.95. The van der Waals surface area contributed by atoms with Crippen molar-refractivity contribution in [3.63, 3.8) is 0 Å². The molecule has 0 heterocycles. The van der Waals surface area contributed by atoms with Crippen molar-refractivity contribution in [2.75, 3.05) is 13.2 Å². The summed E-state index contributed by atoms with van der Waals surface area (Å²) < 4.78 is 11.5. The SMILES string of the molecule is CCOc1ccc(C2CCCCC2NC(=O)c2ccc(C#N)cc2)cc1OCC. The van der Waals surface area contributed by atoms with Gasteiger partial charge in [-0.05, 0) is 68.7 Å². The molecule has 1 aliphatic carbocycles. The van der Waals surface area contributed by atoms with Gasteiger partial charge in [-0.1, -0.05) is 18.9 Å². The Kier molecular flexibility index (Phi) is 7.13. The molecule has 1 amide bonds. The number of hydrogen-bond acceptors (Lipinski definition) is 4. The predicted octanol–water partition coefficient (Wildman–Crippen LogP) is 4.81. The smallest absolute Gasteiger partial charge is 0.251 e. The molecule has 1 fully saturated rings. The van der Waals surface area contributed by atoms with Gasteiger partial charge in [-0.25, -0.2) is 0 Å². The summed E-state index contributed by atoms with van der Waals surface area (Å²) in [5, 5.41) is 12.2. The van der Waals surface area contributed by atoms with Crippen molar-refractivity contribution in [3.8, 4) is 17.6 Å². The van der Waals surface area contributed by atoms with Crippen molar-refractivity contribution in [2.45, 2.75) is 51.5 Å². The molecule has 29 heavy (non-hydrogen) atoms. The number of nitrogens with zero attached hydrogens (tertiary/aromatic N) is 1. The van der Waals surface area contributed by atoms with Gasteiger partial charge in [-0.3, -0.25) is 4.79 Å². The summed E-state index contributed by atoms with van der Waals surface area (Å²) in [6.07, 6.45) is 4.22. The molecular weight excluding hydrogens is 364 g/mol. The second kappa shape index (κ2) is 9.97. The van der Waals surface area contributed by atoms with E-state index in [1.54, 1.807) is 24.3 Å². The van der Waals surface area contributed by atoms with Crippen LogP contribution in [0.25, 0.3) is 0 Å². The van der Waals surface area contributed by atoms with E-state index in [9.17, 15) is 4.79 Å². The third-order valence-corrected chi connectivity index (χ3v) is 5.35. The highest BCUT2D eigenvalue weighted by Gasteiger charge is 2.29. The molecule has 1 N–H and O–H groups in total. The minimum Gasteiger partial charge on any atom is -0.490 e. The van der Waals surface area contributed by atoms with Gasteiger partial charge in [-0.2, -0.15) is 5.26 Å². The Bertz CT molecular complexity index is 871. The average Bonchev–Trinajstić information content (AvgIpc) is 2.76. The Labute approximate surface area is 172 Å². The molecule has 1 saturated carbocycles. The molecular formula is C24H28N2O3. The molecule has 2 unspecified atom stereocenters. The number of amides is 1. The average molecular weight is 392 g/mol. The number of nitriles is 1. The number of ether oxygens (including phenoxy) is 2. The molecule has 0 aromatic heterocycles. The summed E-state index contributed by atoms with van der Waals surface area (Å²) in [7, 11) is 0. The third kappa shape index (κ3) is 5.08. The Morgan fingerprint density at radius 2 is 1.72 bits per heavy atom. The van der Waals surface area contributed by atoms with Crippen molar-refractivity contribution in [2.24, 2.45) is 0 Å². The summed E-state index contributed by atoms with van der Waals surface area (Å²) in [6, 6.07) is 15.0. The second-order valence-electron chi connectivity index (χ2n) is 7.23. The quantitative estimate of drug-likeness (QED) is 0.734. The van der Waals surface area contributed by atoms with E-state index in [0.29, 0.717) is 24.3 Å². The fraction of sp³-hybridized carbons (Fsp3) is 0.417. The van der Waals surface area contributed by atoms with Crippen LogP contribution >= 0.6 is 0 Å². The van der Waals surface area contributed by atoms with Gasteiger partial charge < -0.3 is 14.8 Å². The maximum atomic E-state index is 12.8. The van der Waals surface area contributed by atoms with Crippen molar-refractivity contribution in [1.82, 2.24) is 5.32 Å². The van der Waals surface area contributed by atoms with Crippen LogP contribution in [0.4, 0.5) is 0 Å². The Morgan fingerprint density at radius 1 is 1.03 bits per heavy atom. The van der Waals surface area contributed by atoms with Crippen molar-refractivity contribution in [3.05, 3.63) is 59.2 Å². The van der Waals surface area contributed by atoms with Gasteiger partial charge >= 0.3 is 0 Å². The van der Waals surface area contributed by atoms with Gasteiger partial charge in [-0.15, -0.1) is 0 Å².